The number of carboxylic acid groups (broad SMARTS) is 1. The van der Waals surface area contributed by atoms with Gasteiger partial charge in [-0.15, -0.1) is 0 Å². The molecular formula is C23H22ClNO4. The Kier molecular flexibility index (Phi) is 6.88. The van der Waals surface area contributed by atoms with Crippen LogP contribution in [0.1, 0.15) is 27.6 Å². The highest BCUT2D eigenvalue weighted by atomic mass is 35.5. The summed E-state index contributed by atoms with van der Waals surface area (Å²) in [5.41, 5.74) is 3.44. The van der Waals surface area contributed by atoms with Gasteiger partial charge in [-0.1, -0.05) is 54.1 Å². The molecule has 0 aliphatic carbocycles. The first-order valence-electron chi connectivity index (χ1n) is 9.24. The van der Waals surface area contributed by atoms with Gasteiger partial charge < -0.3 is 20.6 Å². The third-order valence-electron chi connectivity index (χ3n) is 4.68. The second-order valence-corrected chi connectivity index (χ2v) is 7.20. The highest BCUT2D eigenvalue weighted by Gasteiger charge is 2.10. The van der Waals surface area contributed by atoms with Crippen LogP contribution in [0.4, 0.5) is 0 Å². The number of aromatic carboxylic acids is 1. The van der Waals surface area contributed by atoms with Crippen LogP contribution >= 0.6 is 11.6 Å². The van der Waals surface area contributed by atoms with Crippen molar-refractivity contribution in [2.75, 3.05) is 13.1 Å². The van der Waals surface area contributed by atoms with Crippen molar-refractivity contribution in [3.8, 4) is 16.9 Å². The molecule has 3 rings (SSSR count). The van der Waals surface area contributed by atoms with Gasteiger partial charge in [-0.05, 0) is 59.5 Å². The molecule has 150 valence electrons. The normalized spacial score (nSPS) is 11.9. The molecular weight excluding hydrogens is 390 g/mol. The fourth-order valence-corrected chi connectivity index (χ4v) is 3.26. The van der Waals surface area contributed by atoms with Crippen LogP contribution in [0.15, 0.2) is 66.7 Å². The Balaban J connectivity index is 1.52. The zero-order valence-electron chi connectivity index (χ0n) is 15.7. The van der Waals surface area contributed by atoms with Crippen molar-refractivity contribution >= 4 is 17.6 Å². The number of rotatable bonds is 8. The number of benzene rings is 3. The Hall–Kier alpha value is -2.86. The van der Waals surface area contributed by atoms with E-state index in [1.54, 1.807) is 18.2 Å². The lowest BCUT2D eigenvalue weighted by Crippen LogP contribution is -2.23. The van der Waals surface area contributed by atoms with Crippen molar-refractivity contribution in [2.24, 2.45) is 0 Å². The highest BCUT2D eigenvalue weighted by molar-refractivity contribution is 6.30. The minimum Gasteiger partial charge on any atom is -0.507 e. The van der Waals surface area contributed by atoms with Gasteiger partial charge in [0.05, 0.1) is 6.10 Å². The molecule has 3 aromatic carbocycles. The third kappa shape index (κ3) is 5.57. The topological polar surface area (TPSA) is 89.8 Å². The highest BCUT2D eigenvalue weighted by Crippen LogP contribution is 2.27. The van der Waals surface area contributed by atoms with Crippen molar-refractivity contribution in [1.29, 1.82) is 0 Å². The summed E-state index contributed by atoms with van der Waals surface area (Å²) in [5.74, 6) is -1.40. The standard InChI is InChI=1S/C23H22ClNO4/c24-19-3-1-2-18(12-19)22(27)14-25-11-10-15-4-6-16(7-5-15)17-8-9-20(23(28)29)21(26)13-17/h1-9,12-13,22,25-27H,10-11,14H2,(H,28,29)/t22-/m0/s1. The van der Waals surface area contributed by atoms with Crippen LogP contribution in [0.2, 0.25) is 5.02 Å². The molecule has 0 bridgehead atoms. The van der Waals surface area contributed by atoms with Crippen molar-refractivity contribution in [1.82, 2.24) is 5.32 Å². The van der Waals surface area contributed by atoms with Crippen molar-refractivity contribution in [3.63, 3.8) is 0 Å². The maximum absolute atomic E-state index is 11.0. The van der Waals surface area contributed by atoms with E-state index < -0.39 is 12.1 Å². The van der Waals surface area contributed by atoms with Crippen molar-refractivity contribution in [2.45, 2.75) is 12.5 Å². The lowest BCUT2D eigenvalue weighted by molar-refractivity contribution is 0.0693. The minimum absolute atomic E-state index is 0.114. The van der Waals surface area contributed by atoms with Crippen molar-refractivity contribution < 1.29 is 20.1 Å². The lowest BCUT2D eigenvalue weighted by Gasteiger charge is -2.12. The maximum Gasteiger partial charge on any atom is 0.339 e. The first-order chi connectivity index (χ1) is 13.9. The molecule has 6 heteroatoms. The van der Waals surface area contributed by atoms with Gasteiger partial charge in [-0.3, -0.25) is 0 Å². The largest absolute Gasteiger partial charge is 0.507 e. The van der Waals surface area contributed by atoms with Gasteiger partial charge in [0.2, 0.25) is 0 Å². The summed E-state index contributed by atoms with van der Waals surface area (Å²) in [5, 5.41) is 32.9. The molecule has 3 aromatic rings. The van der Waals surface area contributed by atoms with E-state index in [4.69, 9.17) is 16.7 Å². The summed E-state index contributed by atoms with van der Waals surface area (Å²) in [6.07, 6.45) is 0.184. The van der Waals surface area contributed by atoms with Crippen LogP contribution in [-0.2, 0) is 6.42 Å². The van der Waals surface area contributed by atoms with Crippen molar-refractivity contribution in [3.05, 3.63) is 88.4 Å². The van der Waals surface area contributed by atoms with Crippen LogP contribution in [0.3, 0.4) is 0 Å². The van der Waals surface area contributed by atoms with Crippen LogP contribution < -0.4 is 5.32 Å². The smallest absolute Gasteiger partial charge is 0.339 e. The zero-order valence-corrected chi connectivity index (χ0v) is 16.4. The molecule has 0 saturated carbocycles. The Morgan fingerprint density at radius 3 is 2.38 bits per heavy atom. The Morgan fingerprint density at radius 1 is 1.00 bits per heavy atom. The molecule has 0 unspecified atom stereocenters. The number of hydrogen-bond donors (Lipinski definition) is 4. The molecule has 0 fully saturated rings. The number of aliphatic hydroxyl groups excluding tert-OH is 1. The number of aromatic hydroxyl groups is 1. The number of carbonyl (C=O) groups is 1. The van der Waals surface area contributed by atoms with E-state index in [0.29, 0.717) is 18.1 Å². The summed E-state index contributed by atoms with van der Waals surface area (Å²) in [4.78, 5) is 11.0. The maximum atomic E-state index is 11.0. The second-order valence-electron chi connectivity index (χ2n) is 6.76. The van der Waals surface area contributed by atoms with Gasteiger partial charge in [0.1, 0.15) is 11.3 Å². The van der Waals surface area contributed by atoms with E-state index in [2.05, 4.69) is 5.32 Å². The molecule has 0 spiro atoms. The predicted molar refractivity (Wildman–Crippen MR) is 113 cm³/mol. The average Bonchev–Trinajstić information content (AvgIpc) is 2.71. The predicted octanol–water partition coefficient (Wildman–Crippen LogP) is 4.28. The molecule has 0 heterocycles. The van der Waals surface area contributed by atoms with Gasteiger partial charge >= 0.3 is 5.97 Å². The number of halogens is 1. The fraction of sp³-hybridized carbons (Fsp3) is 0.174. The number of phenols is 1. The van der Waals surface area contributed by atoms with Crippen LogP contribution in [0.25, 0.3) is 11.1 Å². The van der Waals surface area contributed by atoms with E-state index >= 15 is 0 Å². The third-order valence-corrected chi connectivity index (χ3v) is 4.91. The Labute approximate surface area is 174 Å². The zero-order chi connectivity index (χ0) is 20.8. The first kappa shape index (κ1) is 20.9. The molecule has 0 aromatic heterocycles. The second kappa shape index (κ2) is 9.56. The first-order valence-corrected chi connectivity index (χ1v) is 9.61. The minimum atomic E-state index is -1.16. The van der Waals surface area contributed by atoms with Gasteiger partial charge in [-0.25, -0.2) is 4.79 Å². The van der Waals surface area contributed by atoms with E-state index in [9.17, 15) is 15.0 Å². The van der Waals surface area contributed by atoms with Gasteiger partial charge in [0.25, 0.3) is 0 Å². The summed E-state index contributed by atoms with van der Waals surface area (Å²) < 4.78 is 0. The number of carboxylic acids is 1. The number of hydrogen-bond acceptors (Lipinski definition) is 4. The van der Waals surface area contributed by atoms with Gasteiger partial charge in [0.15, 0.2) is 0 Å². The average molecular weight is 412 g/mol. The van der Waals surface area contributed by atoms with Crippen LogP contribution in [-0.4, -0.2) is 34.4 Å². The lowest BCUT2D eigenvalue weighted by atomic mass is 10.0. The fourth-order valence-electron chi connectivity index (χ4n) is 3.06. The van der Waals surface area contributed by atoms with E-state index in [-0.39, 0.29) is 11.3 Å². The summed E-state index contributed by atoms with van der Waals surface area (Å²) in [7, 11) is 0. The molecule has 4 N–H and O–H groups in total. The summed E-state index contributed by atoms with van der Waals surface area (Å²) in [6.45, 7) is 1.15. The van der Waals surface area contributed by atoms with Crippen LogP contribution in [0, 0.1) is 0 Å². The van der Waals surface area contributed by atoms with E-state index in [0.717, 1.165) is 28.7 Å². The quantitative estimate of drug-likeness (QED) is 0.415. The van der Waals surface area contributed by atoms with E-state index in [1.807, 2.05) is 36.4 Å². The SMILES string of the molecule is O=C(O)c1ccc(-c2ccc(CCNC[C@H](O)c3cccc(Cl)c3)cc2)cc1O. The number of aliphatic hydroxyl groups is 1. The molecule has 0 aliphatic heterocycles. The molecule has 0 amide bonds. The summed E-state index contributed by atoms with van der Waals surface area (Å²) in [6, 6.07) is 19.6. The molecule has 5 nitrogen and oxygen atoms in total. The summed E-state index contributed by atoms with van der Waals surface area (Å²) >= 11 is 5.95. The molecule has 0 aliphatic rings. The van der Waals surface area contributed by atoms with Gasteiger partial charge in [0, 0.05) is 11.6 Å². The molecule has 0 radical (unpaired) electrons. The number of nitrogens with one attached hydrogen (secondary N) is 1. The molecule has 0 saturated heterocycles. The van der Waals surface area contributed by atoms with E-state index in [1.165, 1.54) is 12.1 Å². The molecule has 29 heavy (non-hydrogen) atoms. The van der Waals surface area contributed by atoms with Gasteiger partial charge in [-0.2, -0.15) is 0 Å². The van der Waals surface area contributed by atoms with Crippen LogP contribution in [0.5, 0.6) is 5.75 Å². The Morgan fingerprint density at radius 2 is 1.72 bits per heavy atom. The monoisotopic (exact) mass is 411 g/mol. The molecule has 1 atom stereocenters. The Bertz CT molecular complexity index is 988.